The summed E-state index contributed by atoms with van der Waals surface area (Å²) in [5.74, 6) is -2.10. The van der Waals surface area contributed by atoms with Crippen LogP contribution in [0.2, 0.25) is 0 Å². The summed E-state index contributed by atoms with van der Waals surface area (Å²) in [5, 5.41) is 12.6. The monoisotopic (exact) mass is 369 g/mol. The molecule has 0 aliphatic rings. The number of aromatic nitrogens is 1. The molecule has 0 bridgehead atoms. The lowest BCUT2D eigenvalue weighted by Crippen LogP contribution is -2.21. The Morgan fingerprint density at radius 1 is 1.11 bits per heavy atom. The molecule has 1 amide bonds. The minimum absolute atomic E-state index is 0.161. The molecule has 0 saturated carbocycles. The molecule has 1 atom stereocenters. The van der Waals surface area contributed by atoms with Gasteiger partial charge in [0.1, 0.15) is 17.5 Å². The van der Waals surface area contributed by atoms with Crippen molar-refractivity contribution in [1.82, 2.24) is 4.98 Å². The number of pyridine rings is 1. The average Bonchev–Trinajstić information content (AvgIpc) is 2.61. The molecule has 2 aromatic carbocycles. The van der Waals surface area contributed by atoms with Crippen molar-refractivity contribution < 1.29 is 18.7 Å². The van der Waals surface area contributed by atoms with E-state index in [9.17, 15) is 18.7 Å². The van der Waals surface area contributed by atoms with Crippen LogP contribution >= 0.6 is 0 Å². The molecule has 0 aliphatic carbocycles. The standard InChI is InChI=1S/C20H17F2N3O2/c1-11-6-16(3-4-17(11)12-2-5-18(23)24-10-12)25-20(27)19(26)13-7-14(21)9-15(22)8-13/h2-10,19,26H,1H3,(H2,23,24)(H,25,27)/t19-/m0/s1. The number of aryl methyl sites for hydroxylation is 1. The molecule has 3 aromatic rings. The Hall–Kier alpha value is -3.32. The van der Waals surface area contributed by atoms with Crippen LogP contribution in [0.4, 0.5) is 20.3 Å². The molecule has 0 unspecified atom stereocenters. The molecule has 138 valence electrons. The third-order valence-corrected chi connectivity index (χ3v) is 4.04. The van der Waals surface area contributed by atoms with E-state index in [0.717, 1.165) is 28.8 Å². The molecular formula is C20H17F2N3O2. The number of carbonyl (C=O) groups excluding carboxylic acids is 1. The zero-order chi connectivity index (χ0) is 19.6. The van der Waals surface area contributed by atoms with Crippen LogP contribution in [0.15, 0.2) is 54.7 Å². The second-order valence-electron chi connectivity index (χ2n) is 6.10. The molecule has 0 fully saturated rings. The Labute approximate surface area is 154 Å². The highest BCUT2D eigenvalue weighted by atomic mass is 19.1. The van der Waals surface area contributed by atoms with E-state index in [1.807, 2.05) is 13.0 Å². The predicted octanol–water partition coefficient (Wildman–Crippen LogP) is 3.59. The maximum atomic E-state index is 13.3. The third kappa shape index (κ3) is 4.27. The van der Waals surface area contributed by atoms with Crippen molar-refractivity contribution in [2.75, 3.05) is 11.1 Å². The Morgan fingerprint density at radius 3 is 2.41 bits per heavy atom. The van der Waals surface area contributed by atoms with Crippen molar-refractivity contribution >= 4 is 17.4 Å². The maximum absolute atomic E-state index is 13.3. The first-order chi connectivity index (χ1) is 12.8. The summed E-state index contributed by atoms with van der Waals surface area (Å²) in [6, 6.07) is 11.2. The molecule has 1 aromatic heterocycles. The number of anilines is 2. The van der Waals surface area contributed by atoms with E-state index in [2.05, 4.69) is 10.3 Å². The highest BCUT2D eigenvalue weighted by molar-refractivity contribution is 5.95. The summed E-state index contributed by atoms with van der Waals surface area (Å²) < 4.78 is 26.5. The number of hydrogen-bond acceptors (Lipinski definition) is 4. The van der Waals surface area contributed by atoms with Gasteiger partial charge in [-0.05, 0) is 60.0 Å². The minimum atomic E-state index is -1.70. The number of nitrogen functional groups attached to an aromatic ring is 1. The van der Waals surface area contributed by atoms with Gasteiger partial charge in [-0.15, -0.1) is 0 Å². The first kappa shape index (κ1) is 18.5. The van der Waals surface area contributed by atoms with Crippen LogP contribution in [0.25, 0.3) is 11.1 Å². The van der Waals surface area contributed by atoms with Crippen LogP contribution in [0.1, 0.15) is 17.2 Å². The Morgan fingerprint density at radius 2 is 1.81 bits per heavy atom. The molecule has 1 heterocycles. The number of amides is 1. The number of carbonyl (C=O) groups is 1. The lowest BCUT2D eigenvalue weighted by atomic mass is 10.0. The third-order valence-electron chi connectivity index (χ3n) is 4.04. The summed E-state index contributed by atoms with van der Waals surface area (Å²) in [4.78, 5) is 16.3. The van der Waals surface area contributed by atoms with Crippen molar-refractivity contribution in [3.8, 4) is 11.1 Å². The topological polar surface area (TPSA) is 88.2 Å². The zero-order valence-electron chi connectivity index (χ0n) is 14.4. The number of hydrogen-bond donors (Lipinski definition) is 3. The van der Waals surface area contributed by atoms with Crippen LogP contribution in [0, 0.1) is 18.6 Å². The van der Waals surface area contributed by atoms with Gasteiger partial charge in [0.25, 0.3) is 5.91 Å². The molecule has 5 nitrogen and oxygen atoms in total. The first-order valence-electron chi connectivity index (χ1n) is 8.11. The van der Waals surface area contributed by atoms with Crippen molar-refractivity contribution in [3.63, 3.8) is 0 Å². The summed E-state index contributed by atoms with van der Waals surface area (Å²) in [7, 11) is 0. The van der Waals surface area contributed by atoms with Gasteiger partial charge in [-0.2, -0.15) is 0 Å². The van der Waals surface area contributed by atoms with Gasteiger partial charge in [-0.25, -0.2) is 13.8 Å². The van der Waals surface area contributed by atoms with Gasteiger partial charge < -0.3 is 16.2 Å². The quantitative estimate of drug-likeness (QED) is 0.656. The van der Waals surface area contributed by atoms with Gasteiger partial charge in [-0.3, -0.25) is 4.79 Å². The fourth-order valence-electron chi connectivity index (χ4n) is 2.72. The van der Waals surface area contributed by atoms with Gasteiger partial charge >= 0.3 is 0 Å². The second kappa shape index (κ2) is 7.51. The number of nitrogens with two attached hydrogens (primary N) is 1. The molecule has 4 N–H and O–H groups in total. The van der Waals surface area contributed by atoms with Crippen molar-refractivity contribution in [2.24, 2.45) is 0 Å². The number of aliphatic hydroxyl groups is 1. The number of nitrogens with zero attached hydrogens (tertiary/aromatic N) is 1. The first-order valence-corrected chi connectivity index (χ1v) is 8.11. The summed E-state index contributed by atoms with van der Waals surface area (Å²) >= 11 is 0. The molecule has 3 rings (SSSR count). The summed E-state index contributed by atoms with van der Waals surface area (Å²) in [6.07, 6.45) is -0.0467. The van der Waals surface area contributed by atoms with Gasteiger partial charge in [0, 0.05) is 23.5 Å². The molecule has 27 heavy (non-hydrogen) atoms. The number of benzene rings is 2. The fourth-order valence-corrected chi connectivity index (χ4v) is 2.72. The van der Waals surface area contributed by atoms with E-state index < -0.39 is 23.6 Å². The van der Waals surface area contributed by atoms with Crippen LogP contribution < -0.4 is 11.1 Å². The number of nitrogens with one attached hydrogen (secondary N) is 1. The number of aliphatic hydroxyl groups excluding tert-OH is 1. The van der Waals surface area contributed by atoms with Crippen LogP contribution in [-0.2, 0) is 4.79 Å². The summed E-state index contributed by atoms with van der Waals surface area (Å²) in [6.45, 7) is 1.86. The predicted molar refractivity (Wildman–Crippen MR) is 98.8 cm³/mol. The maximum Gasteiger partial charge on any atom is 0.257 e. The van der Waals surface area contributed by atoms with Gasteiger partial charge in [0.15, 0.2) is 6.10 Å². The molecule has 0 radical (unpaired) electrons. The Balaban J connectivity index is 1.78. The second-order valence-corrected chi connectivity index (χ2v) is 6.10. The average molecular weight is 369 g/mol. The largest absolute Gasteiger partial charge is 0.384 e. The highest BCUT2D eigenvalue weighted by Gasteiger charge is 2.19. The highest BCUT2D eigenvalue weighted by Crippen LogP contribution is 2.26. The van der Waals surface area contributed by atoms with Gasteiger partial charge in [0.05, 0.1) is 0 Å². The lowest BCUT2D eigenvalue weighted by Gasteiger charge is -2.14. The van der Waals surface area contributed by atoms with Crippen molar-refractivity contribution in [2.45, 2.75) is 13.0 Å². The van der Waals surface area contributed by atoms with Crippen LogP contribution in [0.3, 0.4) is 0 Å². The van der Waals surface area contributed by atoms with E-state index in [1.165, 1.54) is 0 Å². The Kier molecular flexibility index (Phi) is 5.14. The normalized spacial score (nSPS) is 11.9. The number of rotatable bonds is 4. The smallest absolute Gasteiger partial charge is 0.257 e. The van der Waals surface area contributed by atoms with Gasteiger partial charge in [-0.1, -0.05) is 6.07 Å². The fraction of sp³-hybridized carbons (Fsp3) is 0.100. The lowest BCUT2D eigenvalue weighted by molar-refractivity contribution is -0.124. The minimum Gasteiger partial charge on any atom is -0.384 e. The van der Waals surface area contributed by atoms with E-state index in [1.54, 1.807) is 30.5 Å². The van der Waals surface area contributed by atoms with Crippen molar-refractivity contribution in [1.29, 1.82) is 0 Å². The SMILES string of the molecule is Cc1cc(NC(=O)[C@@H](O)c2cc(F)cc(F)c2)ccc1-c1ccc(N)nc1. The number of halogens is 2. The van der Waals surface area contributed by atoms with E-state index >= 15 is 0 Å². The van der Waals surface area contributed by atoms with Crippen LogP contribution in [-0.4, -0.2) is 16.0 Å². The molecule has 0 saturated heterocycles. The van der Waals surface area contributed by atoms with Crippen molar-refractivity contribution in [3.05, 3.63) is 77.5 Å². The van der Waals surface area contributed by atoms with E-state index in [0.29, 0.717) is 17.6 Å². The summed E-state index contributed by atoms with van der Waals surface area (Å²) in [5.41, 5.74) is 8.52. The molecule has 0 spiro atoms. The molecular weight excluding hydrogens is 352 g/mol. The van der Waals surface area contributed by atoms with Crippen LogP contribution in [0.5, 0.6) is 0 Å². The zero-order valence-corrected chi connectivity index (χ0v) is 14.4. The van der Waals surface area contributed by atoms with E-state index in [4.69, 9.17) is 5.73 Å². The van der Waals surface area contributed by atoms with E-state index in [-0.39, 0.29) is 5.56 Å². The van der Waals surface area contributed by atoms with Gasteiger partial charge in [0.2, 0.25) is 0 Å². The Bertz CT molecular complexity index is 971. The molecule has 7 heteroatoms. The molecule has 0 aliphatic heterocycles.